The quantitative estimate of drug-likeness (QED) is 0.587. The lowest BCUT2D eigenvalue weighted by Crippen LogP contribution is -2.50. The van der Waals surface area contributed by atoms with Crippen LogP contribution in [0.5, 0.6) is 5.75 Å². The molecule has 9 heteroatoms. The Kier molecular flexibility index (Phi) is 4.60. The van der Waals surface area contributed by atoms with Crippen molar-refractivity contribution in [1.82, 2.24) is 4.90 Å². The Morgan fingerprint density at radius 1 is 1.42 bits per heavy atom. The second-order valence-corrected chi connectivity index (χ2v) is 8.41. The number of carbonyl (C=O) groups is 1. The van der Waals surface area contributed by atoms with Crippen molar-refractivity contribution in [3.8, 4) is 5.75 Å². The van der Waals surface area contributed by atoms with Gasteiger partial charge >= 0.3 is 6.09 Å². The zero-order chi connectivity index (χ0) is 19.1. The van der Waals surface area contributed by atoms with E-state index in [0.29, 0.717) is 41.7 Å². The minimum atomic E-state index is -1.06. The Labute approximate surface area is 155 Å². The third-order valence-electron chi connectivity index (χ3n) is 4.56. The number of non-ortho nitro benzene ring substituents is 1. The fraction of sp³-hybridized carbons (Fsp3) is 0.529. The second-order valence-electron chi connectivity index (χ2n) is 7.35. The highest BCUT2D eigenvalue weighted by atomic mass is 32.2. The van der Waals surface area contributed by atoms with Crippen molar-refractivity contribution in [3.63, 3.8) is 0 Å². The first-order chi connectivity index (χ1) is 12.1. The van der Waals surface area contributed by atoms with E-state index in [4.69, 9.17) is 9.73 Å². The SMILES string of the molecule is CC(C)(C)N(C(=O)O)C1=NC2(CCOc3ccc([N+](=O)[O-])cc32)CCS1. The number of rotatable bonds is 1. The predicted octanol–water partition coefficient (Wildman–Crippen LogP) is 3.84. The molecule has 8 nitrogen and oxygen atoms in total. The van der Waals surface area contributed by atoms with Crippen molar-refractivity contribution < 1.29 is 19.6 Å². The molecule has 1 aromatic carbocycles. The van der Waals surface area contributed by atoms with E-state index >= 15 is 0 Å². The summed E-state index contributed by atoms with van der Waals surface area (Å²) in [7, 11) is 0. The number of benzene rings is 1. The predicted molar refractivity (Wildman–Crippen MR) is 99.0 cm³/mol. The molecule has 0 saturated heterocycles. The molecule has 0 saturated carbocycles. The van der Waals surface area contributed by atoms with Crippen molar-refractivity contribution in [3.05, 3.63) is 33.9 Å². The number of ether oxygens (including phenoxy) is 1. The van der Waals surface area contributed by atoms with E-state index in [0.717, 1.165) is 0 Å². The summed E-state index contributed by atoms with van der Waals surface area (Å²) in [6.45, 7) is 5.88. The molecule has 1 N–H and O–H groups in total. The molecule has 2 aliphatic heterocycles. The molecule has 1 spiro atoms. The summed E-state index contributed by atoms with van der Waals surface area (Å²) < 4.78 is 5.67. The zero-order valence-corrected chi connectivity index (χ0v) is 15.7. The van der Waals surface area contributed by atoms with E-state index in [1.165, 1.54) is 28.8 Å². The van der Waals surface area contributed by atoms with Crippen LogP contribution in [0.25, 0.3) is 0 Å². The van der Waals surface area contributed by atoms with Crippen LogP contribution in [0.3, 0.4) is 0 Å². The van der Waals surface area contributed by atoms with Gasteiger partial charge in [-0.1, -0.05) is 11.8 Å². The lowest BCUT2D eigenvalue weighted by Gasteiger charge is -2.42. The van der Waals surface area contributed by atoms with Gasteiger partial charge in [0, 0.05) is 35.4 Å². The average Bonchev–Trinajstić information content (AvgIpc) is 2.53. The molecular formula is C17H21N3O5S. The van der Waals surface area contributed by atoms with E-state index in [2.05, 4.69) is 0 Å². The molecule has 26 heavy (non-hydrogen) atoms. The van der Waals surface area contributed by atoms with Gasteiger partial charge in [-0.15, -0.1) is 0 Å². The number of amidine groups is 1. The summed E-state index contributed by atoms with van der Waals surface area (Å²) in [4.78, 5) is 28.7. The number of nitro groups is 1. The number of nitro benzene ring substituents is 1. The van der Waals surface area contributed by atoms with Gasteiger partial charge in [-0.2, -0.15) is 0 Å². The summed E-state index contributed by atoms with van der Waals surface area (Å²) in [6, 6.07) is 4.52. The maximum Gasteiger partial charge on any atom is 0.413 e. The normalized spacial score (nSPS) is 22.2. The lowest BCUT2D eigenvalue weighted by molar-refractivity contribution is -0.385. The van der Waals surface area contributed by atoms with Gasteiger partial charge in [0.05, 0.1) is 17.1 Å². The fourth-order valence-electron chi connectivity index (χ4n) is 3.31. The van der Waals surface area contributed by atoms with Crippen LogP contribution in [0.4, 0.5) is 10.5 Å². The smallest absolute Gasteiger partial charge is 0.413 e. The van der Waals surface area contributed by atoms with Crippen LogP contribution in [0.2, 0.25) is 0 Å². The first-order valence-electron chi connectivity index (χ1n) is 8.32. The minimum absolute atomic E-state index is 0.0190. The van der Waals surface area contributed by atoms with Crippen molar-refractivity contribution in [2.45, 2.75) is 44.7 Å². The van der Waals surface area contributed by atoms with Crippen molar-refractivity contribution in [2.75, 3.05) is 12.4 Å². The molecule has 2 aliphatic rings. The molecule has 1 aromatic rings. The summed E-state index contributed by atoms with van der Waals surface area (Å²) in [5, 5.41) is 21.3. The number of nitrogens with zero attached hydrogens (tertiary/aromatic N) is 3. The fourth-order valence-corrected chi connectivity index (χ4v) is 4.66. The summed E-state index contributed by atoms with van der Waals surface area (Å²) in [5.41, 5.74) is -0.698. The van der Waals surface area contributed by atoms with Crippen molar-refractivity contribution >= 4 is 28.7 Å². The van der Waals surface area contributed by atoms with Crippen LogP contribution in [0.15, 0.2) is 23.2 Å². The molecule has 0 aromatic heterocycles. The number of hydrogen-bond acceptors (Lipinski definition) is 6. The molecular weight excluding hydrogens is 358 g/mol. The average molecular weight is 379 g/mol. The van der Waals surface area contributed by atoms with E-state index in [1.807, 2.05) is 20.8 Å². The molecule has 2 heterocycles. The van der Waals surface area contributed by atoms with E-state index in [-0.39, 0.29) is 5.69 Å². The van der Waals surface area contributed by atoms with Gasteiger partial charge in [-0.3, -0.25) is 20.0 Å². The molecule has 0 aliphatic carbocycles. The molecule has 0 fully saturated rings. The number of hydrogen-bond donors (Lipinski definition) is 1. The van der Waals surface area contributed by atoms with Crippen LogP contribution < -0.4 is 4.74 Å². The first kappa shape index (κ1) is 18.5. The topological polar surface area (TPSA) is 105 Å². The summed E-state index contributed by atoms with van der Waals surface area (Å²) >= 11 is 1.40. The lowest BCUT2D eigenvalue weighted by atomic mass is 9.82. The maximum absolute atomic E-state index is 11.8. The second kappa shape index (κ2) is 6.46. The number of aliphatic imine (C=N–C) groups is 1. The van der Waals surface area contributed by atoms with Gasteiger partial charge < -0.3 is 9.84 Å². The highest BCUT2D eigenvalue weighted by Gasteiger charge is 2.43. The molecule has 3 rings (SSSR count). The standard InChI is InChI=1S/C17H21N3O5S/c1-16(2,3)19(15(21)22)14-18-17(7-9-26-14)6-8-25-13-5-4-11(20(23)24)10-12(13)17/h4-5,10H,6-9H2,1-3H3,(H,21,22). The number of thioether (sulfide) groups is 1. The van der Waals surface area contributed by atoms with Crippen LogP contribution in [-0.4, -0.2) is 44.1 Å². The molecule has 0 bridgehead atoms. The highest BCUT2D eigenvalue weighted by Crippen LogP contribution is 2.47. The van der Waals surface area contributed by atoms with Crippen LogP contribution in [0, 0.1) is 10.1 Å². The van der Waals surface area contributed by atoms with Crippen LogP contribution >= 0.6 is 11.8 Å². The van der Waals surface area contributed by atoms with E-state index < -0.39 is 22.1 Å². The molecule has 140 valence electrons. The Hall–Kier alpha value is -2.29. The van der Waals surface area contributed by atoms with Gasteiger partial charge in [0.1, 0.15) is 5.75 Å². The zero-order valence-electron chi connectivity index (χ0n) is 14.9. The Balaban J connectivity index is 2.13. The third kappa shape index (κ3) is 3.23. The number of amides is 1. The largest absolute Gasteiger partial charge is 0.493 e. The van der Waals surface area contributed by atoms with Crippen molar-refractivity contribution in [2.24, 2.45) is 4.99 Å². The van der Waals surface area contributed by atoms with Crippen LogP contribution in [0.1, 0.15) is 39.2 Å². The van der Waals surface area contributed by atoms with Gasteiger partial charge in [0.25, 0.3) is 5.69 Å². The molecule has 1 atom stereocenters. The minimum Gasteiger partial charge on any atom is -0.493 e. The summed E-state index contributed by atoms with van der Waals surface area (Å²) in [5.74, 6) is 1.26. The van der Waals surface area contributed by atoms with Crippen molar-refractivity contribution in [1.29, 1.82) is 0 Å². The monoisotopic (exact) mass is 379 g/mol. The molecule has 1 unspecified atom stereocenters. The summed E-state index contributed by atoms with van der Waals surface area (Å²) in [6.07, 6.45) is 0.172. The van der Waals surface area contributed by atoms with E-state index in [1.54, 1.807) is 6.07 Å². The Bertz CT molecular complexity index is 789. The number of carboxylic acid groups (broad SMARTS) is 1. The molecule has 0 radical (unpaired) electrons. The van der Waals surface area contributed by atoms with E-state index in [9.17, 15) is 20.0 Å². The van der Waals surface area contributed by atoms with Gasteiger partial charge in [0.15, 0.2) is 5.17 Å². The molecule has 1 amide bonds. The Morgan fingerprint density at radius 3 is 2.77 bits per heavy atom. The highest BCUT2D eigenvalue weighted by molar-refractivity contribution is 8.13. The van der Waals surface area contributed by atoms with Gasteiger partial charge in [0.2, 0.25) is 0 Å². The Morgan fingerprint density at radius 2 is 2.15 bits per heavy atom. The first-order valence-corrected chi connectivity index (χ1v) is 9.30. The van der Waals surface area contributed by atoms with Gasteiger partial charge in [-0.25, -0.2) is 4.79 Å². The maximum atomic E-state index is 11.8. The van der Waals surface area contributed by atoms with Gasteiger partial charge in [-0.05, 0) is 33.3 Å². The van der Waals surface area contributed by atoms with Crippen LogP contribution in [-0.2, 0) is 5.54 Å². The number of fused-ring (bicyclic) bond motifs is 2. The third-order valence-corrected chi connectivity index (χ3v) is 5.50.